The van der Waals surface area contributed by atoms with Crippen molar-refractivity contribution in [2.75, 3.05) is 13.2 Å². The lowest BCUT2D eigenvalue weighted by atomic mass is 9.75. The van der Waals surface area contributed by atoms with Gasteiger partial charge in [0.05, 0.1) is 0 Å². The van der Waals surface area contributed by atoms with Crippen LogP contribution in [0.3, 0.4) is 0 Å². The fourth-order valence-corrected chi connectivity index (χ4v) is 3.83. The molecule has 5 heteroatoms. The maximum absolute atomic E-state index is 12.8. The molecule has 0 bridgehead atoms. The van der Waals surface area contributed by atoms with Gasteiger partial charge in [-0.3, -0.25) is 4.79 Å². The van der Waals surface area contributed by atoms with Crippen LogP contribution in [-0.4, -0.2) is 24.2 Å². The third kappa shape index (κ3) is 5.68. The van der Waals surface area contributed by atoms with E-state index in [1.807, 2.05) is 73.8 Å². The molecule has 4 nitrogen and oxygen atoms in total. The molecule has 0 saturated heterocycles. The van der Waals surface area contributed by atoms with E-state index in [0.717, 1.165) is 10.4 Å². The van der Waals surface area contributed by atoms with E-state index in [1.165, 1.54) is 0 Å². The molecule has 0 fully saturated rings. The van der Waals surface area contributed by atoms with Crippen LogP contribution in [0.2, 0.25) is 0 Å². The first kappa shape index (κ1) is 21.1. The molecule has 3 aromatic rings. The lowest BCUT2D eigenvalue weighted by molar-refractivity contribution is 0.0919. The number of benzene rings is 2. The molecular weight excluding hydrogens is 382 g/mol. The van der Waals surface area contributed by atoms with Gasteiger partial charge >= 0.3 is 0 Å². The van der Waals surface area contributed by atoms with E-state index in [1.54, 1.807) is 23.5 Å². The Morgan fingerprint density at radius 3 is 2.59 bits per heavy atom. The molecule has 0 saturated carbocycles. The zero-order chi connectivity index (χ0) is 20.7. The minimum absolute atomic E-state index is 0.00379. The van der Waals surface area contributed by atoms with Gasteiger partial charge in [-0.15, -0.1) is 11.3 Å². The van der Waals surface area contributed by atoms with Crippen LogP contribution in [0.25, 0.3) is 0 Å². The van der Waals surface area contributed by atoms with Crippen molar-refractivity contribution in [2.45, 2.75) is 26.4 Å². The van der Waals surface area contributed by atoms with E-state index in [-0.39, 0.29) is 23.8 Å². The summed E-state index contributed by atoms with van der Waals surface area (Å²) in [6.07, 6.45) is 0. The van der Waals surface area contributed by atoms with Crippen LogP contribution in [0.1, 0.15) is 40.6 Å². The molecular formula is C24H27NO3S. The van der Waals surface area contributed by atoms with E-state index >= 15 is 0 Å². The van der Waals surface area contributed by atoms with Crippen LogP contribution >= 0.6 is 11.3 Å². The molecule has 0 aliphatic carbocycles. The van der Waals surface area contributed by atoms with E-state index in [9.17, 15) is 9.90 Å². The average molecular weight is 410 g/mol. The number of aliphatic hydroxyl groups excluding tert-OH is 1. The first-order valence-electron chi connectivity index (χ1n) is 9.69. The van der Waals surface area contributed by atoms with Crippen LogP contribution in [0.4, 0.5) is 0 Å². The molecule has 2 aromatic carbocycles. The van der Waals surface area contributed by atoms with E-state index in [4.69, 9.17) is 4.74 Å². The van der Waals surface area contributed by atoms with Crippen molar-refractivity contribution < 1.29 is 14.6 Å². The number of ether oxygens (including phenoxy) is 1. The fourth-order valence-electron chi connectivity index (χ4n) is 3.21. The Morgan fingerprint density at radius 2 is 1.90 bits per heavy atom. The van der Waals surface area contributed by atoms with Gasteiger partial charge in [-0.25, -0.2) is 0 Å². The van der Waals surface area contributed by atoms with Crippen molar-refractivity contribution in [3.05, 3.63) is 88.1 Å². The molecule has 0 unspecified atom stereocenters. The summed E-state index contributed by atoms with van der Waals surface area (Å²) in [6.45, 7) is 4.99. The second-order valence-corrected chi connectivity index (χ2v) is 8.75. The van der Waals surface area contributed by atoms with Crippen molar-refractivity contribution in [1.82, 2.24) is 5.32 Å². The molecule has 1 atom stereocenters. The number of hydrogen-bond donors (Lipinski definition) is 2. The molecule has 3 rings (SSSR count). The van der Waals surface area contributed by atoms with Gasteiger partial charge < -0.3 is 15.2 Å². The monoisotopic (exact) mass is 409 g/mol. The van der Waals surface area contributed by atoms with Gasteiger partial charge in [0.2, 0.25) is 0 Å². The largest absolute Gasteiger partial charge is 0.488 e. The van der Waals surface area contributed by atoms with Crippen LogP contribution in [0.15, 0.2) is 72.1 Å². The summed E-state index contributed by atoms with van der Waals surface area (Å²) >= 11 is 1.64. The highest BCUT2D eigenvalue weighted by atomic mass is 32.1. The van der Waals surface area contributed by atoms with Gasteiger partial charge in [-0.2, -0.15) is 0 Å². The number of carbonyl (C=O) groups is 1. The number of nitrogens with one attached hydrogen (secondary N) is 1. The van der Waals surface area contributed by atoms with Gasteiger partial charge in [0.1, 0.15) is 12.4 Å². The molecule has 1 heterocycles. The smallest absolute Gasteiger partial charge is 0.251 e. The highest BCUT2D eigenvalue weighted by Gasteiger charge is 2.30. The predicted molar refractivity (Wildman–Crippen MR) is 117 cm³/mol. The second kappa shape index (κ2) is 9.72. The molecule has 1 amide bonds. The Morgan fingerprint density at radius 1 is 1.10 bits per heavy atom. The van der Waals surface area contributed by atoms with E-state index < -0.39 is 0 Å². The SMILES string of the molecule is CC(C)(CO)[C@@H](CNC(=O)c1cccc(OCc2cccs2)c1)c1ccccc1. The number of carbonyl (C=O) groups excluding carboxylic acids is 1. The van der Waals surface area contributed by atoms with E-state index in [0.29, 0.717) is 24.5 Å². The summed E-state index contributed by atoms with van der Waals surface area (Å²) in [5, 5.41) is 14.9. The second-order valence-electron chi connectivity index (χ2n) is 7.72. The lowest BCUT2D eigenvalue weighted by Crippen LogP contribution is -2.36. The Balaban J connectivity index is 1.66. The lowest BCUT2D eigenvalue weighted by Gasteiger charge is -2.33. The van der Waals surface area contributed by atoms with Crippen molar-refractivity contribution in [3.63, 3.8) is 0 Å². The molecule has 152 valence electrons. The number of hydrogen-bond acceptors (Lipinski definition) is 4. The van der Waals surface area contributed by atoms with Crippen LogP contribution in [0, 0.1) is 5.41 Å². The minimum atomic E-state index is -0.361. The third-order valence-corrected chi connectivity index (χ3v) is 5.93. The average Bonchev–Trinajstić information content (AvgIpc) is 3.27. The molecule has 0 aliphatic rings. The third-order valence-electron chi connectivity index (χ3n) is 5.08. The van der Waals surface area contributed by atoms with Crippen LogP contribution < -0.4 is 10.1 Å². The zero-order valence-electron chi connectivity index (χ0n) is 16.8. The van der Waals surface area contributed by atoms with Gasteiger partial charge in [0.25, 0.3) is 5.91 Å². The van der Waals surface area contributed by atoms with Crippen molar-refractivity contribution >= 4 is 17.2 Å². The summed E-state index contributed by atoms with van der Waals surface area (Å²) in [5.74, 6) is 0.513. The van der Waals surface area contributed by atoms with Crippen LogP contribution in [-0.2, 0) is 6.61 Å². The number of amides is 1. The molecule has 1 aromatic heterocycles. The summed E-state index contributed by atoms with van der Waals surface area (Å²) in [5.41, 5.74) is 1.29. The van der Waals surface area contributed by atoms with Crippen molar-refractivity contribution in [2.24, 2.45) is 5.41 Å². The summed E-state index contributed by atoms with van der Waals surface area (Å²) in [7, 11) is 0. The standard InChI is InChI=1S/C24H27NO3S/c1-24(2,17-26)22(18-8-4-3-5-9-18)15-25-23(27)19-10-6-11-20(14-19)28-16-21-12-7-13-29-21/h3-14,22,26H,15-17H2,1-2H3,(H,25,27)/t22-/m0/s1. The Bertz CT molecular complexity index is 907. The molecule has 29 heavy (non-hydrogen) atoms. The molecule has 0 aliphatic heterocycles. The Hall–Kier alpha value is -2.63. The topological polar surface area (TPSA) is 58.6 Å². The summed E-state index contributed by atoms with van der Waals surface area (Å²) < 4.78 is 5.81. The predicted octanol–water partition coefficient (Wildman–Crippen LogP) is 4.86. The maximum atomic E-state index is 12.8. The normalized spacial score (nSPS) is 12.4. The van der Waals surface area contributed by atoms with Gasteiger partial charge in [-0.1, -0.05) is 56.3 Å². The first-order chi connectivity index (χ1) is 14.0. The number of thiophene rings is 1. The number of rotatable bonds is 9. The fraction of sp³-hybridized carbons (Fsp3) is 0.292. The zero-order valence-corrected chi connectivity index (χ0v) is 17.6. The van der Waals surface area contributed by atoms with Crippen molar-refractivity contribution in [3.8, 4) is 5.75 Å². The summed E-state index contributed by atoms with van der Waals surface area (Å²) in [4.78, 5) is 13.9. The van der Waals surface area contributed by atoms with Crippen LogP contribution in [0.5, 0.6) is 5.75 Å². The quantitative estimate of drug-likeness (QED) is 0.531. The molecule has 2 N–H and O–H groups in total. The van der Waals surface area contributed by atoms with Gasteiger partial charge in [0, 0.05) is 29.5 Å². The van der Waals surface area contributed by atoms with Gasteiger partial charge in [-0.05, 0) is 40.6 Å². The molecule has 0 spiro atoms. The highest BCUT2D eigenvalue weighted by Crippen LogP contribution is 2.34. The van der Waals surface area contributed by atoms with Crippen molar-refractivity contribution in [1.29, 1.82) is 0 Å². The Labute approximate surface area is 176 Å². The maximum Gasteiger partial charge on any atom is 0.251 e. The summed E-state index contributed by atoms with van der Waals surface area (Å²) in [6, 6.07) is 21.2. The Kier molecular flexibility index (Phi) is 7.07. The minimum Gasteiger partial charge on any atom is -0.488 e. The first-order valence-corrected chi connectivity index (χ1v) is 10.6. The van der Waals surface area contributed by atoms with E-state index in [2.05, 4.69) is 5.32 Å². The van der Waals surface area contributed by atoms with Gasteiger partial charge in [0.15, 0.2) is 0 Å². The number of aliphatic hydroxyl groups is 1. The highest BCUT2D eigenvalue weighted by molar-refractivity contribution is 7.09. The molecule has 0 radical (unpaired) electrons.